The van der Waals surface area contributed by atoms with Gasteiger partial charge in [-0.2, -0.15) is 0 Å². The average Bonchev–Trinajstić information content (AvgIpc) is 2.98. The largest absolute Gasteiger partial charge is 0.457 e. The van der Waals surface area contributed by atoms with Gasteiger partial charge in [-0.25, -0.2) is 0 Å². The maximum Gasteiger partial charge on any atom is 0.133 e. The highest BCUT2D eigenvalue weighted by Gasteiger charge is 2.11. The molecule has 0 unspecified atom stereocenters. The van der Waals surface area contributed by atoms with Crippen LogP contribution in [0.2, 0.25) is 0 Å². The molecule has 208 valence electrons. The molecule has 6 rings (SSSR count). The molecule has 0 saturated carbocycles. The lowest BCUT2D eigenvalue weighted by Crippen LogP contribution is -1.96. The lowest BCUT2D eigenvalue weighted by atomic mass is 9.95. The SMILES string of the molecule is Cc1cc(Cc2ccc3cc(Cc4cc(C)c(Oc5ccccc5)c(C)c4)ccc3c2)cc(C)c1Oc1ccccc1. The van der Waals surface area contributed by atoms with E-state index in [-0.39, 0.29) is 0 Å². The van der Waals surface area contributed by atoms with Crippen LogP contribution in [0.1, 0.15) is 44.5 Å². The number of aryl methyl sites for hydroxylation is 4. The topological polar surface area (TPSA) is 18.5 Å². The monoisotopic (exact) mass is 548 g/mol. The minimum Gasteiger partial charge on any atom is -0.457 e. The van der Waals surface area contributed by atoms with Crippen LogP contribution in [0.5, 0.6) is 23.0 Å². The Balaban J connectivity index is 1.16. The lowest BCUT2D eigenvalue weighted by molar-refractivity contribution is 0.474. The van der Waals surface area contributed by atoms with E-state index >= 15 is 0 Å². The molecule has 0 aliphatic heterocycles. The summed E-state index contributed by atoms with van der Waals surface area (Å²) in [6.45, 7) is 8.51. The lowest BCUT2D eigenvalue weighted by Gasteiger charge is -2.15. The summed E-state index contributed by atoms with van der Waals surface area (Å²) in [6, 6.07) is 42.6. The van der Waals surface area contributed by atoms with Gasteiger partial charge in [-0.15, -0.1) is 0 Å². The molecular weight excluding hydrogens is 512 g/mol. The van der Waals surface area contributed by atoms with Crippen molar-refractivity contribution in [1.82, 2.24) is 0 Å². The maximum absolute atomic E-state index is 6.19. The summed E-state index contributed by atoms with van der Waals surface area (Å²) >= 11 is 0. The van der Waals surface area contributed by atoms with E-state index in [1.165, 1.54) is 33.0 Å². The first kappa shape index (κ1) is 27.4. The number of ether oxygens (including phenoxy) is 2. The van der Waals surface area contributed by atoms with E-state index in [1.54, 1.807) is 0 Å². The van der Waals surface area contributed by atoms with Crippen molar-refractivity contribution in [3.63, 3.8) is 0 Å². The quantitative estimate of drug-likeness (QED) is 0.188. The summed E-state index contributed by atoms with van der Waals surface area (Å²) in [4.78, 5) is 0. The van der Waals surface area contributed by atoms with E-state index < -0.39 is 0 Å². The summed E-state index contributed by atoms with van der Waals surface area (Å²) in [6.07, 6.45) is 1.78. The van der Waals surface area contributed by atoms with Gasteiger partial charge in [0.05, 0.1) is 0 Å². The Labute approximate surface area is 249 Å². The predicted octanol–water partition coefficient (Wildman–Crippen LogP) is 10.8. The Morgan fingerprint density at radius 2 is 0.738 bits per heavy atom. The molecule has 0 amide bonds. The fourth-order valence-corrected chi connectivity index (χ4v) is 5.85. The summed E-state index contributed by atoms with van der Waals surface area (Å²) in [5, 5.41) is 2.54. The van der Waals surface area contributed by atoms with Crippen molar-refractivity contribution in [2.24, 2.45) is 0 Å². The minimum atomic E-state index is 0.865. The molecule has 0 bridgehead atoms. The number of para-hydroxylation sites is 2. The zero-order chi connectivity index (χ0) is 29.1. The second kappa shape index (κ2) is 12.0. The van der Waals surface area contributed by atoms with E-state index in [2.05, 4.69) is 88.4 Å². The van der Waals surface area contributed by atoms with Gasteiger partial charge in [0.1, 0.15) is 23.0 Å². The molecule has 2 nitrogen and oxygen atoms in total. The summed E-state index contributed by atoms with van der Waals surface area (Å²) in [5.74, 6) is 3.62. The average molecular weight is 549 g/mol. The van der Waals surface area contributed by atoms with Crippen LogP contribution in [0, 0.1) is 27.7 Å². The number of hydrogen-bond acceptors (Lipinski definition) is 2. The van der Waals surface area contributed by atoms with Crippen molar-refractivity contribution in [1.29, 1.82) is 0 Å². The first-order valence-electron chi connectivity index (χ1n) is 14.6. The molecule has 0 fully saturated rings. The number of rotatable bonds is 8. The smallest absolute Gasteiger partial charge is 0.133 e. The molecule has 6 aromatic carbocycles. The van der Waals surface area contributed by atoms with Gasteiger partial charge in [0.2, 0.25) is 0 Å². The fourth-order valence-electron chi connectivity index (χ4n) is 5.85. The predicted molar refractivity (Wildman–Crippen MR) is 174 cm³/mol. The number of fused-ring (bicyclic) bond motifs is 1. The van der Waals surface area contributed by atoms with Crippen molar-refractivity contribution < 1.29 is 9.47 Å². The van der Waals surface area contributed by atoms with Crippen LogP contribution in [0.25, 0.3) is 10.8 Å². The molecule has 0 aromatic heterocycles. The zero-order valence-corrected chi connectivity index (χ0v) is 24.8. The molecule has 0 aliphatic rings. The third-order valence-corrected chi connectivity index (χ3v) is 7.75. The Hall–Kier alpha value is -4.82. The van der Waals surface area contributed by atoms with E-state index in [9.17, 15) is 0 Å². The molecule has 0 atom stereocenters. The van der Waals surface area contributed by atoms with Crippen molar-refractivity contribution in [2.75, 3.05) is 0 Å². The van der Waals surface area contributed by atoms with E-state index in [0.29, 0.717) is 0 Å². The Kier molecular flexibility index (Phi) is 7.79. The van der Waals surface area contributed by atoms with Gasteiger partial charge >= 0.3 is 0 Å². The molecule has 2 heteroatoms. The Bertz CT molecular complexity index is 1670. The number of hydrogen-bond donors (Lipinski definition) is 0. The molecular formula is C40H36O2. The van der Waals surface area contributed by atoms with E-state index in [4.69, 9.17) is 9.47 Å². The molecule has 0 heterocycles. The van der Waals surface area contributed by atoms with Gasteiger partial charge in [-0.1, -0.05) is 97.1 Å². The normalized spacial score (nSPS) is 11.0. The van der Waals surface area contributed by atoms with Crippen molar-refractivity contribution in [2.45, 2.75) is 40.5 Å². The van der Waals surface area contributed by atoms with Crippen LogP contribution < -0.4 is 9.47 Å². The van der Waals surface area contributed by atoms with Crippen LogP contribution in [0.4, 0.5) is 0 Å². The highest BCUT2D eigenvalue weighted by atomic mass is 16.5. The van der Waals surface area contributed by atoms with Gasteiger partial charge in [-0.3, -0.25) is 0 Å². The summed E-state index contributed by atoms with van der Waals surface area (Å²) in [5.41, 5.74) is 9.85. The van der Waals surface area contributed by atoms with Crippen molar-refractivity contribution in [3.8, 4) is 23.0 Å². The maximum atomic E-state index is 6.19. The zero-order valence-electron chi connectivity index (χ0n) is 24.8. The molecule has 0 radical (unpaired) electrons. The highest BCUT2D eigenvalue weighted by molar-refractivity contribution is 5.84. The standard InChI is InChI=1S/C40H36O2/c1-27-19-33(20-28(2)39(27)41-37-11-7-5-8-12-37)23-31-15-17-36-26-32(16-18-35(36)25-31)24-34-21-29(3)40(30(4)22-34)42-38-13-9-6-10-14-38/h5-22,25-26H,23-24H2,1-4H3. The van der Waals surface area contributed by atoms with Gasteiger partial charge in [0.15, 0.2) is 0 Å². The van der Waals surface area contributed by atoms with Crippen LogP contribution >= 0.6 is 0 Å². The van der Waals surface area contributed by atoms with Gasteiger partial charge in [0.25, 0.3) is 0 Å². The highest BCUT2D eigenvalue weighted by Crippen LogP contribution is 2.32. The fraction of sp³-hybridized carbons (Fsp3) is 0.150. The van der Waals surface area contributed by atoms with Gasteiger partial charge in [0, 0.05) is 0 Å². The molecule has 0 aliphatic carbocycles. The summed E-state index contributed by atoms with van der Waals surface area (Å²) < 4.78 is 12.4. The van der Waals surface area contributed by atoms with Crippen LogP contribution in [0.15, 0.2) is 121 Å². The second-order valence-corrected chi connectivity index (χ2v) is 11.3. The van der Waals surface area contributed by atoms with E-state index in [1.807, 2.05) is 60.7 Å². The van der Waals surface area contributed by atoms with Crippen LogP contribution in [-0.2, 0) is 12.8 Å². The third-order valence-electron chi connectivity index (χ3n) is 7.75. The molecule has 0 N–H and O–H groups in total. The van der Waals surface area contributed by atoms with Crippen LogP contribution in [0.3, 0.4) is 0 Å². The van der Waals surface area contributed by atoms with Gasteiger partial charge < -0.3 is 9.47 Å². The molecule has 0 spiro atoms. The first-order valence-corrected chi connectivity index (χ1v) is 14.6. The first-order chi connectivity index (χ1) is 20.4. The molecule has 6 aromatic rings. The molecule has 42 heavy (non-hydrogen) atoms. The number of benzene rings is 6. The Morgan fingerprint density at radius 3 is 1.10 bits per heavy atom. The Morgan fingerprint density at radius 1 is 0.381 bits per heavy atom. The van der Waals surface area contributed by atoms with Crippen LogP contribution in [-0.4, -0.2) is 0 Å². The van der Waals surface area contributed by atoms with Crippen molar-refractivity contribution >= 4 is 10.8 Å². The van der Waals surface area contributed by atoms with E-state index in [0.717, 1.165) is 58.1 Å². The summed E-state index contributed by atoms with van der Waals surface area (Å²) in [7, 11) is 0. The second-order valence-electron chi connectivity index (χ2n) is 11.3. The van der Waals surface area contributed by atoms with Gasteiger partial charge in [-0.05, 0) is 120 Å². The minimum absolute atomic E-state index is 0.865. The molecule has 0 saturated heterocycles. The van der Waals surface area contributed by atoms with Crippen molar-refractivity contribution in [3.05, 3.63) is 166 Å². The third kappa shape index (κ3) is 6.24.